The third-order valence-corrected chi connectivity index (χ3v) is 2.77. The van der Waals surface area contributed by atoms with E-state index in [0.717, 1.165) is 0 Å². The van der Waals surface area contributed by atoms with Crippen molar-refractivity contribution in [3.63, 3.8) is 0 Å². The third-order valence-electron chi connectivity index (χ3n) is 1.47. The van der Waals surface area contributed by atoms with E-state index in [4.69, 9.17) is 8.37 Å². The summed E-state index contributed by atoms with van der Waals surface area (Å²) >= 11 is -3.63. The highest BCUT2D eigenvalue weighted by Crippen LogP contribution is 2.19. The van der Waals surface area contributed by atoms with Crippen molar-refractivity contribution in [2.24, 2.45) is 0 Å². The molecule has 0 aromatic carbocycles. The van der Waals surface area contributed by atoms with Gasteiger partial charge in [0.2, 0.25) is 0 Å². The van der Waals surface area contributed by atoms with Crippen molar-refractivity contribution in [3.8, 4) is 0 Å². The van der Waals surface area contributed by atoms with Crippen LogP contribution < -0.4 is 0 Å². The molecule has 0 aromatic rings. The summed E-state index contributed by atoms with van der Waals surface area (Å²) in [6.07, 6.45) is 2.20. The second kappa shape index (κ2) is 5.69. The molecule has 0 radical (unpaired) electrons. The van der Waals surface area contributed by atoms with Crippen molar-refractivity contribution in [1.82, 2.24) is 0 Å². The fourth-order valence-electron chi connectivity index (χ4n) is 0.726. The first kappa shape index (κ1) is 12.0. The Kier molecular flexibility index (Phi) is 4.85. The Morgan fingerprint density at radius 3 is 1.50 bits per heavy atom. The standard InChI is InChI=1S/C6H10O6S2/c1-9-13(7)11-5-3-4-6(5)12-14(8)10-2/h3-6H,1-2H3/t5-,6+,13?,14?. The molecule has 0 saturated heterocycles. The first-order valence-corrected chi connectivity index (χ1v) is 5.62. The first-order valence-electron chi connectivity index (χ1n) is 3.62. The number of hydrogen-bond acceptors (Lipinski definition) is 6. The molecule has 2 unspecified atom stereocenters. The van der Waals surface area contributed by atoms with Crippen LogP contribution in [0.15, 0.2) is 12.2 Å². The molecular formula is C6H10O6S2. The van der Waals surface area contributed by atoms with E-state index < -0.39 is 34.9 Å². The Balaban J connectivity index is 2.33. The highest BCUT2D eigenvalue weighted by atomic mass is 32.2. The van der Waals surface area contributed by atoms with Gasteiger partial charge in [0.15, 0.2) is 0 Å². The lowest BCUT2D eigenvalue weighted by Crippen LogP contribution is -2.36. The van der Waals surface area contributed by atoms with Gasteiger partial charge in [-0.15, -0.1) is 0 Å². The van der Waals surface area contributed by atoms with Crippen LogP contribution in [0.5, 0.6) is 0 Å². The molecule has 0 bridgehead atoms. The largest absolute Gasteiger partial charge is 0.305 e. The molecule has 82 valence electrons. The Hall–Kier alpha value is -0.120. The molecule has 0 saturated carbocycles. The maximum Gasteiger partial charge on any atom is 0.305 e. The zero-order chi connectivity index (χ0) is 10.6. The van der Waals surface area contributed by atoms with Crippen molar-refractivity contribution in [1.29, 1.82) is 0 Å². The van der Waals surface area contributed by atoms with Gasteiger partial charge in [0.1, 0.15) is 12.2 Å². The average Bonchev–Trinajstić information content (AvgIpc) is 2.19. The summed E-state index contributed by atoms with van der Waals surface area (Å²) in [6.45, 7) is 0. The summed E-state index contributed by atoms with van der Waals surface area (Å²) in [7, 11) is 2.50. The lowest BCUT2D eigenvalue weighted by atomic mass is 10.0. The average molecular weight is 242 g/mol. The van der Waals surface area contributed by atoms with Crippen LogP contribution in [-0.4, -0.2) is 34.8 Å². The number of rotatable bonds is 6. The van der Waals surface area contributed by atoms with Gasteiger partial charge in [0.25, 0.3) is 0 Å². The molecule has 1 aliphatic carbocycles. The second-order valence-electron chi connectivity index (χ2n) is 2.25. The monoisotopic (exact) mass is 242 g/mol. The van der Waals surface area contributed by atoms with Crippen LogP contribution in [0.1, 0.15) is 0 Å². The predicted molar refractivity (Wildman–Crippen MR) is 49.2 cm³/mol. The van der Waals surface area contributed by atoms with E-state index in [-0.39, 0.29) is 0 Å². The molecule has 1 rings (SSSR count). The molecule has 14 heavy (non-hydrogen) atoms. The van der Waals surface area contributed by atoms with Crippen molar-refractivity contribution in [2.45, 2.75) is 12.2 Å². The van der Waals surface area contributed by atoms with Gasteiger partial charge in [-0.1, -0.05) is 12.2 Å². The summed E-state index contributed by atoms with van der Waals surface area (Å²) in [5.41, 5.74) is 0. The van der Waals surface area contributed by atoms with Crippen LogP contribution in [0.4, 0.5) is 0 Å². The van der Waals surface area contributed by atoms with E-state index in [1.165, 1.54) is 14.2 Å². The van der Waals surface area contributed by atoms with E-state index in [2.05, 4.69) is 8.37 Å². The Morgan fingerprint density at radius 2 is 1.29 bits per heavy atom. The minimum absolute atomic E-state index is 0.519. The summed E-state index contributed by atoms with van der Waals surface area (Å²) in [4.78, 5) is 0. The van der Waals surface area contributed by atoms with E-state index in [0.29, 0.717) is 0 Å². The molecule has 0 fully saturated rings. The Bertz CT molecular complexity index is 239. The topological polar surface area (TPSA) is 71.1 Å². The van der Waals surface area contributed by atoms with Crippen molar-refractivity contribution >= 4 is 22.7 Å². The molecule has 4 atom stereocenters. The highest BCUT2D eigenvalue weighted by Gasteiger charge is 2.30. The summed E-state index contributed by atoms with van der Waals surface area (Å²) in [5.74, 6) is 0. The van der Waals surface area contributed by atoms with Gasteiger partial charge in [-0.2, -0.15) is 8.42 Å². The normalized spacial score (nSPS) is 29.6. The predicted octanol–water partition coefficient (Wildman–Crippen LogP) is -0.223. The van der Waals surface area contributed by atoms with Crippen LogP contribution in [0.2, 0.25) is 0 Å². The zero-order valence-electron chi connectivity index (χ0n) is 7.58. The number of hydrogen-bond donors (Lipinski definition) is 0. The van der Waals surface area contributed by atoms with Gasteiger partial charge in [-0.25, -0.2) is 0 Å². The Morgan fingerprint density at radius 1 is 0.929 bits per heavy atom. The van der Waals surface area contributed by atoms with Gasteiger partial charge in [0, 0.05) is 0 Å². The molecule has 0 aliphatic heterocycles. The maximum atomic E-state index is 10.8. The van der Waals surface area contributed by atoms with E-state index in [1.54, 1.807) is 12.2 Å². The molecule has 6 nitrogen and oxygen atoms in total. The van der Waals surface area contributed by atoms with Gasteiger partial charge < -0.3 is 0 Å². The van der Waals surface area contributed by atoms with Crippen molar-refractivity contribution in [2.75, 3.05) is 14.2 Å². The van der Waals surface area contributed by atoms with Crippen molar-refractivity contribution in [3.05, 3.63) is 12.2 Å². The fraction of sp³-hybridized carbons (Fsp3) is 0.667. The van der Waals surface area contributed by atoms with Crippen LogP contribution in [-0.2, 0) is 39.5 Å². The van der Waals surface area contributed by atoms with Gasteiger partial charge in [0.05, 0.1) is 14.2 Å². The maximum absolute atomic E-state index is 10.8. The highest BCUT2D eigenvalue weighted by molar-refractivity contribution is 7.75. The van der Waals surface area contributed by atoms with Crippen LogP contribution >= 0.6 is 0 Å². The Labute approximate surface area is 86.9 Å². The molecule has 0 amide bonds. The smallest absolute Gasteiger partial charge is 0.272 e. The third kappa shape index (κ3) is 3.23. The van der Waals surface area contributed by atoms with Gasteiger partial charge in [-0.05, 0) is 0 Å². The first-order chi connectivity index (χ1) is 6.67. The molecule has 0 heterocycles. The van der Waals surface area contributed by atoms with Gasteiger partial charge >= 0.3 is 22.7 Å². The molecule has 0 aromatic heterocycles. The van der Waals surface area contributed by atoms with Crippen LogP contribution in [0.25, 0.3) is 0 Å². The fourth-order valence-corrected chi connectivity index (χ4v) is 1.59. The molecule has 1 aliphatic rings. The molecule has 0 N–H and O–H groups in total. The summed E-state index contributed by atoms with van der Waals surface area (Å²) in [5, 5.41) is 0. The van der Waals surface area contributed by atoms with Gasteiger partial charge in [-0.3, -0.25) is 16.7 Å². The zero-order valence-corrected chi connectivity index (χ0v) is 9.21. The second-order valence-corrected chi connectivity index (χ2v) is 4.12. The molecule has 0 spiro atoms. The van der Waals surface area contributed by atoms with Crippen LogP contribution in [0, 0.1) is 0 Å². The lowest BCUT2D eigenvalue weighted by molar-refractivity contribution is 0.0943. The van der Waals surface area contributed by atoms with E-state index in [1.807, 2.05) is 0 Å². The van der Waals surface area contributed by atoms with E-state index >= 15 is 0 Å². The quantitative estimate of drug-likeness (QED) is 0.599. The molecule has 8 heteroatoms. The minimum Gasteiger partial charge on any atom is -0.272 e. The van der Waals surface area contributed by atoms with E-state index in [9.17, 15) is 8.42 Å². The van der Waals surface area contributed by atoms with Crippen molar-refractivity contribution < 1.29 is 25.2 Å². The minimum atomic E-state index is -1.81. The van der Waals surface area contributed by atoms with Crippen LogP contribution in [0.3, 0.4) is 0 Å². The SMILES string of the molecule is COS(=O)O[C@H]1C=C[C@H]1OS(=O)OC. The summed E-state index contributed by atoms with van der Waals surface area (Å²) in [6, 6.07) is 0. The summed E-state index contributed by atoms with van der Waals surface area (Å²) < 4.78 is 40.0. The molecular weight excluding hydrogens is 232 g/mol. The lowest BCUT2D eigenvalue weighted by Gasteiger charge is -2.25.